The zero-order chi connectivity index (χ0) is 17.0. The van der Waals surface area contributed by atoms with Crippen LogP contribution >= 0.6 is 0 Å². The summed E-state index contributed by atoms with van der Waals surface area (Å²) >= 11 is 0. The summed E-state index contributed by atoms with van der Waals surface area (Å²) in [5.41, 5.74) is 0.0474. The van der Waals surface area contributed by atoms with E-state index in [1.165, 1.54) is 12.1 Å². The molecule has 0 aliphatic carbocycles. The maximum atomic E-state index is 13.6. The van der Waals surface area contributed by atoms with Crippen LogP contribution in [0, 0.1) is 11.2 Å². The average molecular weight is 320 g/mol. The number of carbonyl (C=O) groups excluding carboxylic acids is 2. The van der Waals surface area contributed by atoms with Crippen molar-refractivity contribution >= 4 is 11.8 Å². The van der Waals surface area contributed by atoms with E-state index >= 15 is 0 Å². The lowest BCUT2D eigenvalue weighted by Crippen LogP contribution is -2.47. The van der Waals surface area contributed by atoms with Gasteiger partial charge < -0.3 is 10.2 Å². The summed E-state index contributed by atoms with van der Waals surface area (Å²) in [5.74, 6) is -0.735. The van der Waals surface area contributed by atoms with Gasteiger partial charge in [0.2, 0.25) is 5.91 Å². The number of piperidine rings is 1. The molecule has 5 heteroatoms. The summed E-state index contributed by atoms with van der Waals surface area (Å²) in [7, 11) is 0. The molecule has 1 aromatic carbocycles. The van der Waals surface area contributed by atoms with Gasteiger partial charge in [-0.2, -0.15) is 0 Å². The molecule has 0 aromatic heterocycles. The topological polar surface area (TPSA) is 49.4 Å². The van der Waals surface area contributed by atoms with Gasteiger partial charge >= 0.3 is 0 Å². The molecule has 4 nitrogen and oxygen atoms in total. The quantitative estimate of drug-likeness (QED) is 0.931. The van der Waals surface area contributed by atoms with E-state index in [1.54, 1.807) is 12.1 Å². The lowest BCUT2D eigenvalue weighted by molar-refractivity contribution is -0.134. The minimum atomic E-state index is -0.511. The zero-order valence-corrected chi connectivity index (χ0v) is 14.1. The van der Waals surface area contributed by atoms with E-state index in [0.29, 0.717) is 32.4 Å². The molecule has 1 aliphatic rings. The highest BCUT2D eigenvalue weighted by Crippen LogP contribution is 2.21. The van der Waals surface area contributed by atoms with E-state index in [0.717, 1.165) is 0 Å². The normalized spacial score (nSPS) is 16.3. The van der Waals surface area contributed by atoms with Crippen molar-refractivity contribution in [3.63, 3.8) is 0 Å². The Balaban J connectivity index is 1.84. The Morgan fingerprint density at radius 2 is 1.83 bits per heavy atom. The van der Waals surface area contributed by atoms with Crippen molar-refractivity contribution in [3.05, 3.63) is 35.6 Å². The summed E-state index contributed by atoms with van der Waals surface area (Å²) in [6.45, 7) is 7.42. The second-order valence-electron chi connectivity index (χ2n) is 7.35. The van der Waals surface area contributed by atoms with Crippen LogP contribution in [0.2, 0.25) is 0 Å². The Hall–Kier alpha value is -1.91. The summed E-state index contributed by atoms with van der Waals surface area (Å²) < 4.78 is 13.6. The molecule has 1 fully saturated rings. The third-order valence-electron chi connectivity index (χ3n) is 3.98. The summed E-state index contributed by atoms with van der Waals surface area (Å²) in [5, 5.41) is 2.87. The summed E-state index contributed by atoms with van der Waals surface area (Å²) in [6.07, 6.45) is 1.94. The Morgan fingerprint density at radius 1 is 1.22 bits per heavy atom. The van der Waals surface area contributed by atoms with E-state index in [-0.39, 0.29) is 28.8 Å². The van der Waals surface area contributed by atoms with Crippen LogP contribution in [0.4, 0.5) is 4.39 Å². The molecule has 0 radical (unpaired) electrons. The van der Waals surface area contributed by atoms with Gasteiger partial charge in [0, 0.05) is 25.6 Å². The number of rotatable bonds is 3. The molecule has 1 aliphatic heterocycles. The number of nitrogens with one attached hydrogen (secondary N) is 1. The second-order valence-corrected chi connectivity index (χ2v) is 7.35. The first-order valence-electron chi connectivity index (χ1n) is 8.09. The monoisotopic (exact) mass is 320 g/mol. The highest BCUT2D eigenvalue weighted by Gasteiger charge is 2.27. The molecule has 126 valence electrons. The molecule has 1 aromatic rings. The highest BCUT2D eigenvalue weighted by atomic mass is 19.1. The van der Waals surface area contributed by atoms with Crippen LogP contribution in [0.15, 0.2) is 24.3 Å². The molecule has 1 heterocycles. The van der Waals surface area contributed by atoms with Crippen molar-refractivity contribution < 1.29 is 14.0 Å². The molecular weight excluding hydrogens is 295 g/mol. The Morgan fingerprint density at radius 3 is 2.39 bits per heavy atom. The maximum Gasteiger partial charge on any atom is 0.254 e. The smallest absolute Gasteiger partial charge is 0.254 e. The predicted octanol–water partition coefficient (Wildman–Crippen LogP) is 2.98. The van der Waals surface area contributed by atoms with E-state index in [4.69, 9.17) is 0 Å². The predicted molar refractivity (Wildman–Crippen MR) is 87.5 cm³/mol. The molecule has 23 heavy (non-hydrogen) atoms. The van der Waals surface area contributed by atoms with Crippen LogP contribution in [-0.2, 0) is 4.79 Å². The van der Waals surface area contributed by atoms with Crippen LogP contribution in [0.1, 0.15) is 50.4 Å². The van der Waals surface area contributed by atoms with Crippen molar-refractivity contribution in [1.82, 2.24) is 10.2 Å². The molecule has 0 spiro atoms. The lowest BCUT2D eigenvalue weighted by atomic mass is 9.91. The molecule has 0 atom stereocenters. The molecular formula is C18H25FN2O2. The fourth-order valence-corrected chi connectivity index (χ4v) is 2.75. The molecule has 2 rings (SSSR count). The molecule has 0 unspecified atom stereocenters. The minimum absolute atomic E-state index is 0.0132. The van der Waals surface area contributed by atoms with Crippen molar-refractivity contribution in [2.75, 3.05) is 13.1 Å². The Kier molecular flexibility index (Phi) is 5.39. The fraction of sp³-hybridized carbons (Fsp3) is 0.556. The van der Waals surface area contributed by atoms with E-state index < -0.39 is 5.82 Å². The SMILES string of the molecule is CC(C)(C)CC(=O)N1CCC(NC(=O)c2ccccc2F)CC1. The molecule has 2 amide bonds. The van der Waals surface area contributed by atoms with E-state index in [2.05, 4.69) is 5.32 Å². The molecule has 1 N–H and O–H groups in total. The fourth-order valence-electron chi connectivity index (χ4n) is 2.75. The molecule has 1 saturated heterocycles. The van der Waals surface area contributed by atoms with Gasteiger partial charge in [0.25, 0.3) is 5.91 Å². The molecule has 0 bridgehead atoms. The van der Waals surface area contributed by atoms with Gasteiger partial charge in [-0.25, -0.2) is 4.39 Å². The van der Waals surface area contributed by atoms with E-state index in [9.17, 15) is 14.0 Å². The van der Waals surface area contributed by atoms with Crippen LogP contribution in [0.5, 0.6) is 0 Å². The van der Waals surface area contributed by atoms with Crippen LogP contribution in [0.3, 0.4) is 0 Å². The van der Waals surface area contributed by atoms with Gasteiger partial charge in [-0.15, -0.1) is 0 Å². The maximum absolute atomic E-state index is 13.6. The first kappa shape index (κ1) is 17.4. The van der Waals surface area contributed by atoms with Gasteiger partial charge in [0.1, 0.15) is 5.82 Å². The van der Waals surface area contributed by atoms with Crippen molar-refractivity contribution in [3.8, 4) is 0 Å². The summed E-state index contributed by atoms with van der Waals surface area (Å²) in [4.78, 5) is 26.2. The lowest BCUT2D eigenvalue weighted by Gasteiger charge is -2.34. The summed E-state index contributed by atoms with van der Waals surface area (Å²) in [6, 6.07) is 5.95. The van der Waals surface area contributed by atoms with E-state index in [1.807, 2.05) is 25.7 Å². The molecule has 0 saturated carbocycles. The van der Waals surface area contributed by atoms with Crippen molar-refractivity contribution in [2.45, 2.75) is 46.1 Å². The van der Waals surface area contributed by atoms with Gasteiger partial charge in [-0.05, 0) is 30.4 Å². The number of amides is 2. The van der Waals surface area contributed by atoms with Crippen molar-refractivity contribution in [2.24, 2.45) is 5.41 Å². The van der Waals surface area contributed by atoms with Gasteiger partial charge in [0.05, 0.1) is 5.56 Å². The Labute approximate surface area is 137 Å². The average Bonchev–Trinajstić information content (AvgIpc) is 2.46. The van der Waals surface area contributed by atoms with Crippen LogP contribution in [-0.4, -0.2) is 35.8 Å². The zero-order valence-electron chi connectivity index (χ0n) is 14.1. The van der Waals surface area contributed by atoms with Gasteiger partial charge in [-0.1, -0.05) is 32.9 Å². The number of likely N-dealkylation sites (tertiary alicyclic amines) is 1. The second kappa shape index (κ2) is 7.11. The number of hydrogen-bond donors (Lipinski definition) is 1. The number of benzene rings is 1. The number of halogens is 1. The van der Waals surface area contributed by atoms with Crippen LogP contribution < -0.4 is 5.32 Å². The number of nitrogens with zero attached hydrogens (tertiary/aromatic N) is 1. The van der Waals surface area contributed by atoms with Crippen molar-refractivity contribution in [1.29, 1.82) is 0 Å². The largest absolute Gasteiger partial charge is 0.349 e. The third kappa shape index (κ3) is 5.05. The first-order valence-corrected chi connectivity index (χ1v) is 8.09. The standard InChI is InChI=1S/C18H25FN2O2/c1-18(2,3)12-16(22)21-10-8-13(9-11-21)20-17(23)14-6-4-5-7-15(14)19/h4-7,13H,8-12H2,1-3H3,(H,20,23). The van der Waals surface area contributed by atoms with Gasteiger partial charge in [-0.3, -0.25) is 9.59 Å². The number of carbonyl (C=O) groups is 2. The highest BCUT2D eigenvalue weighted by molar-refractivity contribution is 5.94. The number of hydrogen-bond acceptors (Lipinski definition) is 2. The minimum Gasteiger partial charge on any atom is -0.349 e. The van der Waals surface area contributed by atoms with Gasteiger partial charge in [0.15, 0.2) is 0 Å². The first-order chi connectivity index (χ1) is 10.8. The Bertz CT molecular complexity index is 573. The van der Waals surface area contributed by atoms with Crippen LogP contribution in [0.25, 0.3) is 0 Å². The third-order valence-corrected chi connectivity index (χ3v) is 3.98.